The van der Waals surface area contributed by atoms with Crippen LogP contribution in [0, 0.1) is 23.2 Å². The lowest BCUT2D eigenvalue weighted by Gasteiger charge is -2.51. The van der Waals surface area contributed by atoms with Gasteiger partial charge in [-0.3, -0.25) is 4.79 Å². The van der Waals surface area contributed by atoms with Crippen LogP contribution in [0.1, 0.15) is 33.1 Å². The largest absolute Gasteiger partial charge is 0.481 e. The second-order valence-corrected chi connectivity index (χ2v) is 6.46. The van der Waals surface area contributed by atoms with Gasteiger partial charge in [0.1, 0.15) is 0 Å². The van der Waals surface area contributed by atoms with Crippen molar-refractivity contribution in [1.82, 2.24) is 4.90 Å². The molecule has 1 heterocycles. The monoisotopic (exact) mass is 281 g/mol. The number of rotatable bonds is 3. The normalized spacial score (nSPS) is 29.7. The number of piperidine rings is 1. The molecule has 2 aliphatic rings. The summed E-state index contributed by atoms with van der Waals surface area (Å²) in [4.78, 5) is 25.1. The van der Waals surface area contributed by atoms with Gasteiger partial charge in [0.05, 0.1) is 11.7 Å². The zero-order chi connectivity index (χ0) is 14.9. The van der Waals surface area contributed by atoms with Gasteiger partial charge in [-0.15, -0.1) is 0 Å². The van der Waals surface area contributed by atoms with E-state index in [0.29, 0.717) is 13.1 Å². The van der Waals surface area contributed by atoms with E-state index in [2.05, 4.69) is 6.58 Å². The Hall–Kier alpha value is -1.52. The van der Waals surface area contributed by atoms with Gasteiger partial charge in [0, 0.05) is 13.1 Å². The number of hydrogen-bond acceptors (Lipinski definition) is 3. The minimum absolute atomic E-state index is 0.126. The van der Waals surface area contributed by atoms with Crippen molar-refractivity contribution in [2.75, 3.05) is 13.1 Å². The summed E-state index contributed by atoms with van der Waals surface area (Å²) in [5, 5.41) is 9.49. The van der Waals surface area contributed by atoms with Gasteiger partial charge in [-0.1, -0.05) is 13.0 Å². The van der Waals surface area contributed by atoms with Crippen molar-refractivity contribution in [1.29, 1.82) is 0 Å². The lowest BCUT2D eigenvalue weighted by molar-refractivity contribution is -0.157. The van der Waals surface area contributed by atoms with Crippen molar-refractivity contribution in [2.24, 2.45) is 23.2 Å². The second kappa shape index (κ2) is 5.46. The first-order chi connectivity index (χ1) is 9.37. The summed E-state index contributed by atoms with van der Waals surface area (Å²) in [6, 6.07) is 0. The minimum atomic E-state index is -0.749. The highest BCUT2D eigenvalue weighted by Gasteiger charge is 2.50. The highest BCUT2D eigenvalue weighted by molar-refractivity contribution is 5.74. The molecule has 2 bridgehead atoms. The van der Waals surface area contributed by atoms with Crippen molar-refractivity contribution in [3.05, 3.63) is 12.8 Å². The molecule has 1 amide bonds. The number of fused-ring (bicyclic) bond motifs is 2. The standard InChI is InChI=1S/C15H23NO4/c1-4-20-14(19)16-8-10-6-5-7-11(9-16)12(10)15(2,3)13(17)18/h4,10-12H,1,5-9H2,2-3H3,(H,17,18). The molecule has 20 heavy (non-hydrogen) atoms. The summed E-state index contributed by atoms with van der Waals surface area (Å²) in [5.41, 5.74) is -0.746. The maximum Gasteiger partial charge on any atom is 0.414 e. The molecular formula is C15H23NO4. The van der Waals surface area contributed by atoms with E-state index in [9.17, 15) is 14.7 Å². The maximum atomic E-state index is 11.8. The topological polar surface area (TPSA) is 66.8 Å². The van der Waals surface area contributed by atoms with Crippen LogP contribution in [0.4, 0.5) is 4.79 Å². The SMILES string of the molecule is C=COC(=O)N1CC2CCCC(C1)C2C(C)(C)C(=O)O. The van der Waals surface area contributed by atoms with Gasteiger partial charge in [-0.2, -0.15) is 0 Å². The molecule has 1 saturated heterocycles. The molecule has 5 heteroatoms. The fraction of sp³-hybridized carbons (Fsp3) is 0.733. The number of ether oxygens (including phenoxy) is 1. The zero-order valence-corrected chi connectivity index (χ0v) is 12.2. The van der Waals surface area contributed by atoms with E-state index >= 15 is 0 Å². The molecule has 5 nitrogen and oxygen atoms in total. The quantitative estimate of drug-likeness (QED) is 0.808. The van der Waals surface area contributed by atoms with Gasteiger partial charge >= 0.3 is 12.1 Å². The Kier molecular flexibility index (Phi) is 4.06. The van der Waals surface area contributed by atoms with Crippen LogP contribution in [0.3, 0.4) is 0 Å². The minimum Gasteiger partial charge on any atom is -0.481 e. The molecule has 1 aliphatic carbocycles. The Bertz CT molecular complexity index is 404. The zero-order valence-electron chi connectivity index (χ0n) is 12.2. The summed E-state index contributed by atoms with van der Waals surface area (Å²) >= 11 is 0. The Morgan fingerprint density at radius 3 is 2.30 bits per heavy atom. The number of hydrogen-bond donors (Lipinski definition) is 1. The van der Waals surface area contributed by atoms with E-state index in [-0.39, 0.29) is 23.8 Å². The Labute approximate surface area is 119 Å². The van der Waals surface area contributed by atoms with E-state index in [0.717, 1.165) is 25.5 Å². The van der Waals surface area contributed by atoms with Crippen molar-refractivity contribution in [3.63, 3.8) is 0 Å². The van der Waals surface area contributed by atoms with Crippen LogP contribution >= 0.6 is 0 Å². The van der Waals surface area contributed by atoms with Gasteiger partial charge in [-0.25, -0.2) is 4.79 Å². The van der Waals surface area contributed by atoms with Crippen molar-refractivity contribution in [2.45, 2.75) is 33.1 Å². The first kappa shape index (κ1) is 14.9. The highest BCUT2D eigenvalue weighted by atomic mass is 16.5. The molecular weight excluding hydrogens is 258 g/mol. The van der Waals surface area contributed by atoms with E-state index in [1.54, 1.807) is 4.90 Å². The molecule has 1 N–H and O–H groups in total. The van der Waals surface area contributed by atoms with Crippen LogP contribution in [0.5, 0.6) is 0 Å². The number of likely N-dealkylation sites (tertiary alicyclic amines) is 1. The Morgan fingerprint density at radius 1 is 1.30 bits per heavy atom. The van der Waals surface area contributed by atoms with Crippen LogP contribution in [0.25, 0.3) is 0 Å². The van der Waals surface area contributed by atoms with E-state index in [4.69, 9.17) is 4.74 Å². The van der Waals surface area contributed by atoms with Crippen molar-refractivity contribution >= 4 is 12.1 Å². The molecule has 112 valence electrons. The molecule has 1 aliphatic heterocycles. The molecule has 1 saturated carbocycles. The summed E-state index contributed by atoms with van der Waals surface area (Å²) in [6.45, 7) is 8.19. The van der Waals surface area contributed by atoms with Gasteiger partial charge < -0.3 is 14.7 Å². The van der Waals surface area contributed by atoms with E-state index in [1.165, 1.54) is 0 Å². The molecule has 0 radical (unpaired) electrons. The van der Waals surface area contributed by atoms with Crippen LogP contribution < -0.4 is 0 Å². The fourth-order valence-electron chi connectivity index (χ4n) is 4.05. The van der Waals surface area contributed by atoms with Crippen LogP contribution in [-0.2, 0) is 9.53 Å². The van der Waals surface area contributed by atoms with E-state index < -0.39 is 11.4 Å². The average Bonchev–Trinajstić information content (AvgIpc) is 2.37. The predicted octanol–water partition coefficient (Wildman–Crippen LogP) is 2.73. The third kappa shape index (κ3) is 2.53. The van der Waals surface area contributed by atoms with Gasteiger partial charge in [0.2, 0.25) is 0 Å². The van der Waals surface area contributed by atoms with Gasteiger partial charge in [0.25, 0.3) is 0 Å². The summed E-state index contributed by atoms with van der Waals surface area (Å²) in [5.74, 6) is -0.139. The summed E-state index contributed by atoms with van der Waals surface area (Å²) < 4.78 is 4.85. The first-order valence-corrected chi connectivity index (χ1v) is 7.17. The average molecular weight is 281 g/mol. The predicted molar refractivity (Wildman–Crippen MR) is 74.0 cm³/mol. The maximum absolute atomic E-state index is 11.8. The molecule has 2 fully saturated rings. The molecule has 0 spiro atoms. The Balaban J connectivity index is 2.18. The molecule has 0 aromatic heterocycles. The number of carboxylic acids is 1. The van der Waals surface area contributed by atoms with Gasteiger partial charge in [-0.05, 0) is 44.4 Å². The van der Waals surface area contributed by atoms with Gasteiger partial charge in [0.15, 0.2) is 0 Å². The van der Waals surface area contributed by atoms with Crippen molar-refractivity contribution in [3.8, 4) is 0 Å². The molecule has 2 atom stereocenters. The molecule has 2 unspecified atom stereocenters. The lowest BCUT2D eigenvalue weighted by Crippen LogP contribution is -2.56. The third-order valence-electron chi connectivity index (χ3n) is 4.90. The van der Waals surface area contributed by atoms with Crippen LogP contribution in [-0.4, -0.2) is 35.2 Å². The smallest absolute Gasteiger partial charge is 0.414 e. The number of carbonyl (C=O) groups is 2. The van der Waals surface area contributed by atoms with Crippen LogP contribution in [0.2, 0.25) is 0 Å². The number of aliphatic carboxylic acids is 1. The van der Waals surface area contributed by atoms with Crippen molar-refractivity contribution < 1.29 is 19.4 Å². The number of nitrogens with zero attached hydrogens (tertiary/aromatic N) is 1. The van der Waals surface area contributed by atoms with E-state index in [1.807, 2.05) is 13.8 Å². The molecule has 2 rings (SSSR count). The molecule has 0 aromatic rings. The number of carboxylic acid groups (broad SMARTS) is 1. The number of amides is 1. The second-order valence-electron chi connectivity index (χ2n) is 6.46. The lowest BCUT2D eigenvalue weighted by atomic mass is 9.58. The fourth-order valence-corrected chi connectivity index (χ4v) is 4.05. The third-order valence-corrected chi connectivity index (χ3v) is 4.90. The Morgan fingerprint density at radius 2 is 1.85 bits per heavy atom. The highest BCUT2D eigenvalue weighted by Crippen LogP contribution is 2.48. The first-order valence-electron chi connectivity index (χ1n) is 7.17. The summed E-state index contributed by atoms with van der Waals surface area (Å²) in [6.07, 6.45) is 3.85. The summed E-state index contributed by atoms with van der Waals surface area (Å²) in [7, 11) is 0. The number of carbonyl (C=O) groups excluding carboxylic acids is 1. The molecule has 0 aromatic carbocycles. The van der Waals surface area contributed by atoms with Crippen LogP contribution in [0.15, 0.2) is 12.8 Å².